The van der Waals surface area contributed by atoms with Gasteiger partial charge in [-0.3, -0.25) is 9.36 Å². The average Bonchev–Trinajstić information content (AvgIpc) is 3.09. The van der Waals surface area contributed by atoms with Gasteiger partial charge in [-0.25, -0.2) is 4.79 Å². The van der Waals surface area contributed by atoms with Crippen LogP contribution in [0.1, 0.15) is 35.1 Å². The van der Waals surface area contributed by atoms with Crippen molar-refractivity contribution in [2.24, 2.45) is 5.73 Å². The minimum Gasteiger partial charge on any atom is -0.463 e. The smallest absolute Gasteiger partial charge is 0.338 e. The van der Waals surface area contributed by atoms with Crippen molar-refractivity contribution in [3.05, 3.63) is 95.9 Å². The molecular weight excluding hydrogens is 434 g/mol. The molecule has 1 aliphatic heterocycles. The molecule has 0 radical (unpaired) electrons. The van der Waals surface area contributed by atoms with E-state index in [1.807, 2.05) is 62.4 Å². The van der Waals surface area contributed by atoms with Gasteiger partial charge in [-0.1, -0.05) is 59.7 Å². The van der Waals surface area contributed by atoms with Crippen molar-refractivity contribution in [3.8, 4) is 6.07 Å². The van der Waals surface area contributed by atoms with Crippen LogP contribution in [0, 0.1) is 25.2 Å². The Kier molecular flexibility index (Phi) is 6.03. The fraction of sp³-hybridized carbons (Fsp3) is 0.192. The summed E-state index contributed by atoms with van der Waals surface area (Å²) in [5, 5.41) is 10.0. The number of nitrogens with zero attached hydrogens (tertiary/aromatic N) is 2. The van der Waals surface area contributed by atoms with Gasteiger partial charge in [0.05, 0.1) is 34.3 Å². The summed E-state index contributed by atoms with van der Waals surface area (Å²) in [4.78, 5) is 26.5. The minimum absolute atomic E-state index is 0.0391. The second-order valence-electron chi connectivity index (χ2n) is 7.86. The van der Waals surface area contributed by atoms with Gasteiger partial charge < -0.3 is 10.5 Å². The van der Waals surface area contributed by atoms with Crippen LogP contribution in [0.15, 0.2) is 58.9 Å². The zero-order chi connectivity index (χ0) is 23.7. The van der Waals surface area contributed by atoms with E-state index in [4.69, 9.17) is 10.5 Å². The number of nitriles is 1. The molecule has 166 valence electrons. The molecule has 0 aliphatic carbocycles. The van der Waals surface area contributed by atoms with E-state index >= 15 is 0 Å². The van der Waals surface area contributed by atoms with Gasteiger partial charge in [0.2, 0.25) is 0 Å². The minimum atomic E-state index is -0.723. The number of ether oxygens (including phenoxy) is 1. The Labute approximate surface area is 195 Å². The highest BCUT2D eigenvalue weighted by Gasteiger charge is 2.36. The summed E-state index contributed by atoms with van der Waals surface area (Å²) < 4.78 is 7.44. The fourth-order valence-electron chi connectivity index (χ4n) is 4.05. The lowest BCUT2D eigenvalue weighted by Crippen LogP contribution is -2.40. The Morgan fingerprint density at radius 2 is 1.91 bits per heavy atom. The van der Waals surface area contributed by atoms with E-state index < -0.39 is 11.9 Å². The quantitative estimate of drug-likeness (QED) is 0.607. The molecule has 7 heteroatoms. The van der Waals surface area contributed by atoms with Crippen molar-refractivity contribution in [1.29, 1.82) is 5.26 Å². The first-order chi connectivity index (χ1) is 15.8. The Bertz CT molecular complexity index is 1520. The molecule has 0 unspecified atom stereocenters. The first-order valence-electron chi connectivity index (χ1n) is 10.5. The van der Waals surface area contributed by atoms with Crippen molar-refractivity contribution >= 4 is 34.8 Å². The molecule has 1 atom stereocenters. The molecule has 0 fully saturated rings. The van der Waals surface area contributed by atoms with Crippen molar-refractivity contribution in [2.75, 3.05) is 6.61 Å². The molecule has 1 aliphatic rings. The standard InChI is InChI=1S/C26H23N3O3S/c1-4-32-26(31)22-21(18-10-6-8-16(3)12-18)19(14-27)23(28)29-24(30)20(33-25(22)29)13-17-9-5-7-15(2)11-17/h5-13,21H,4,28H2,1-3H3/t21-/m0/s1. The molecule has 1 aromatic heterocycles. The molecule has 0 saturated heterocycles. The molecule has 0 bridgehead atoms. The highest BCUT2D eigenvalue weighted by Crippen LogP contribution is 2.36. The first-order valence-corrected chi connectivity index (χ1v) is 11.4. The summed E-state index contributed by atoms with van der Waals surface area (Å²) in [7, 11) is 0. The predicted molar refractivity (Wildman–Crippen MR) is 130 cm³/mol. The van der Waals surface area contributed by atoms with Gasteiger partial charge in [0.15, 0.2) is 0 Å². The van der Waals surface area contributed by atoms with Gasteiger partial charge in [0, 0.05) is 0 Å². The van der Waals surface area contributed by atoms with Crippen molar-refractivity contribution in [2.45, 2.75) is 26.7 Å². The summed E-state index contributed by atoms with van der Waals surface area (Å²) in [6.45, 7) is 5.80. The molecule has 0 spiro atoms. The molecular formula is C26H23N3O3S. The maximum atomic E-state index is 13.4. The molecule has 2 heterocycles. The Morgan fingerprint density at radius 1 is 1.21 bits per heavy atom. The Balaban J connectivity index is 2.10. The number of rotatable bonds is 4. The lowest BCUT2D eigenvalue weighted by molar-refractivity contribution is -0.136. The van der Waals surface area contributed by atoms with Crippen LogP contribution in [0.4, 0.5) is 0 Å². The molecule has 6 nitrogen and oxygen atoms in total. The van der Waals surface area contributed by atoms with Crippen LogP contribution in [0.25, 0.3) is 17.5 Å². The largest absolute Gasteiger partial charge is 0.463 e. The maximum absolute atomic E-state index is 13.4. The summed E-state index contributed by atoms with van der Waals surface area (Å²) >= 11 is 1.18. The van der Waals surface area contributed by atoms with Crippen molar-refractivity contribution < 1.29 is 9.53 Å². The fourth-order valence-corrected chi connectivity index (χ4v) is 5.21. The number of thiazole rings is 1. The second kappa shape index (κ2) is 8.93. The molecule has 2 aromatic carbocycles. The van der Waals surface area contributed by atoms with Crippen LogP contribution >= 0.6 is 11.3 Å². The number of carbonyl (C=O) groups is 1. The highest BCUT2D eigenvalue weighted by molar-refractivity contribution is 7.07. The Morgan fingerprint density at radius 3 is 2.55 bits per heavy atom. The molecule has 33 heavy (non-hydrogen) atoms. The van der Waals surface area contributed by atoms with Gasteiger partial charge in [-0.05, 0) is 38.0 Å². The number of aromatic nitrogens is 1. The van der Waals surface area contributed by atoms with E-state index in [1.165, 1.54) is 15.9 Å². The number of aryl methyl sites for hydroxylation is 2. The average molecular weight is 458 g/mol. The van der Waals surface area contributed by atoms with Crippen molar-refractivity contribution in [3.63, 3.8) is 0 Å². The number of hydrogen-bond acceptors (Lipinski definition) is 6. The van der Waals surface area contributed by atoms with Gasteiger partial charge in [-0.15, -0.1) is 11.3 Å². The SMILES string of the molecule is CCOC(=O)C1=c2sc(=Cc3cccc(C)c3)c(=O)n2C(N)=C(C#N)[C@@H]1c1cccc(C)c1. The third-order valence-corrected chi connectivity index (χ3v) is 6.59. The molecule has 3 aromatic rings. The Hall–Kier alpha value is -3.89. The van der Waals surface area contributed by atoms with E-state index in [9.17, 15) is 14.9 Å². The number of hydrogen-bond donors (Lipinski definition) is 1. The summed E-state index contributed by atoms with van der Waals surface area (Å²) in [5.74, 6) is -1.25. The van der Waals surface area contributed by atoms with Crippen LogP contribution in [0.3, 0.4) is 0 Å². The lowest BCUT2D eigenvalue weighted by Gasteiger charge is -2.25. The van der Waals surface area contributed by atoms with Crippen LogP contribution in [0.5, 0.6) is 0 Å². The monoisotopic (exact) mass is 457 g/mol. The number of fused-ring (bicyclic) bond motifs is 1. The van der Waals surface area contributed by atoms with Crippen molar-refractivity contribution in [1.82, 2.24) is 4.57 Å². The van der Waals surface area contributed by atoms with Gasteiger partial charge in [-0.2, -0.15) is 5.26 Å². The zero-order valence-corrected chi connectivity index (χ0v) is 19.4. The number of esters is 1. The number of allylic oxidation sites excluding steroid dienone is 1. The van der Waals surface area contributed by atoms with E-state index in [2.05, 4.69) is 6.07 Å². The summed E-state index contributed by atoms with van der Waals surface area (Å²) in [5.41, 5.74) is 10.1. The van der Waals surface area contributed by atoms with Crippen LogP contribution in [0.2, 0.25) is 0 Å². The number of carbonyl (C=O) groups excluding carboxylic acids is 1. The first kappa shape index (κ1) is 22.3. The predicted octanol–water partition coefficient (Wildman–Crippen LogP) is 2.52. The number of nitrogens with two attached hydrogens (primary N) is 1. The topological polar surface area (TPSA) is 98.1 Å². The van der Waals surface area contributed by atoms with E-state index in [-0.39, 0.29) is 29.1 Å². The molecule has 4 rings (SSSR count). The summed E-state index contributed by atoms with van der Waals surface area (Å²) in [6.07, 6.45) is 1.77. The molecule has 0 amide bonds. The van der Waals surface area contributed by atoms with E-state index in [0.717, 1.165) is 22.3 Å². The third-order valence-electron chi connectivity index (χ3n) is 5.48. The van der Waals surface area contributed by atoms with E-state index in [1.54, 1.807) is 13.0 Å². The van der Waals surface area contributed by atoms with E-state index in [0.29, 0.717) is 9.20 Å². The summed E-state index contributed by atoms with van der Waals surface area (Å²) in [6, 6.07) is 17.5. The van der Waals surface area contributed by atoms with Gasteiger partial charge in [0.1, 0.15) is 10.5 Å². The normalized spacial score (nSPS) is 15.9. The van der Waals surface area contributed by atoms with Gasteiger partial charge in [0.25, 0.3) is 5.56 Å². The van der Waals surface area contributed by atoms with Crippen LogP contribution < -0.4 is 20.5 Å². The van der Waals surface area contributed by atoms with Gasteiger partial charge >= 0.3 is 5.97 Å². The maximum Gasteiger partial charge on any atom is 0.338 e. The lowest BCUT2D eigenvalue weighted by atomic mass is 9.83. The zero-order valence-electron chi connectivity index (χ0n) is 18.6. The molecule has 0 saturated carbocycles. The second-order valence-corrected chi connectivity index (χ2v) is 8.89. The number of benzene rings is 2. The van der Waals surface area contributed by atoms with Crippen LogP contribution in [-0.4, -0.2) is 17.1 Å². The highest BCUT2D eigenvalue weighted by atomic mass is 32.1. The molecule has 2 N–H and O–H groups in total. The van der Waals surface area contributed by atoms with Crippen LogP contribution in [-0.2, 0) is 9.53 Å². The third kappa shape index (κ3) is 4.01.